The molecule has 1 unspecified atom stereocenters. The van der Waals surface area contributed by atoms with Gasteiger partial charge in [-0.1, -0.05) is 6.92 Å². The molecule has 1 fully saturated rings. The summed E-state index contributed by atoms with van der Waals surface area (Å²) in [5.74, 6) is 0. The number of rotatable bonds is 4. The summed E-state index contributed by atoms with van der Waals surface area (Å²) in [5.41, 5.74) is 1.39. The molecule has 1 N–H and O–H groups in total. The Morgan fingerprint density at radius 3 is 2.94 bits per heavy atom. The smallest absolute Gasteiger partial charge is 0.0270 e. The van der Waals surface area contributed by atoms with Crippen LogP contribution in [0.15, 0.2) is 24.5 Å². The van der Waals surface area contributed by atoms with Gasteiger partial charge in [0.2, 0.25) is 0 Å². The Labute approximate surface area is 104 Å². The molecular formula is C14H23N3. The first-order valence-corrected chi connectivity index (χ1v) is 6.73. The maximum absolute atomic E-state index is 4.05. The molecule has 0 radical (unpaired) electrons. The van der Waals surface area contributed by atoms with Gasteiger partial charge in [-0.3, -0.25) is 4.98 Å². The minimum atomic E-state index is 0.723. The van der Waals surface area contributed by atoms with Crippen molar-refractivity contribution in [2.75, 3.05) is 26.2 Å². The predicted octanol–water partition coefficient (Wildman–Crippen LogP) is 1.70. The van der Waals surface area contributed by atoms with Crippen molar-refractivity contribution in [3.8, 4) is 0 Å². The number of hydrogen-bond acceptors (Lipinski definition) is 3. The summed E-state index contributed by atoms with van der Waals surface area (Å²) in [6.45, 7) is 6.99. The topological polar surface area (TPSA) is 28.2 Å². The van der Waals surface area contributed by atoms with Gasteiger partial charge in [0.25, 0.3) is 0 Å². The summed E-state index contributed by atoms with van der Waals surface area (Å²) in [4.78, 5) is 6.63. The fourth-order valence-electron chi connectivity index (χ4n) is 2.39. The van der Waals surface area contributed by atoms with Gasteiger partial charge in [-0.2, -0.15) is 0 Å². The third-order valence-electron chi connectivity index (χ3n) is 3.61. The van der Waals surface area contributed by atoms with Crippen molar-refractivity contribution in [2.24, 2.45) is 0 Å². The normalized spacial score (nSPS) is 22.3. The molecule has 0 aromatic carbocycles. The van der Waals surface area contributed by atoms with E-state index in [4.69, 9.17) is 0 Å². The van der Waals surface area contributed by atoms with Crippen molar-refractivity contribution in [1.82, 2.24) is 15.2 Å². The summed E-state index contributed by atoms with van der Waals surface area (Å²) in [7, 11) is 0. The fraction of sp³-hybridized carbons (Fsp3) is 0.643. The second kappa shape index (κ2) is 6.72. The van der Waals surface area contributed by atoms with E-state index < -0.39 is 0 Å². The van der Waals surface area contributed by atoms with Crippen LogP contribution in [0.2, 0.25) is 0 Å². The zero-order valence-electron chi connectivity index (χ0n) is 10.7. The Kier molecular flexibility index (Phi) is 4.95. The van der Waals surface area contributed by atoms with Crippen molar-refractivity contribution in [3.05, 3.63) is 30.1 Å². The summed E-state index contributed by atoms with van der Waals surface area (Å²) >= 11 is 0. The largest absolute Gasteiger partial charge is 0.313 e. The number of hydrogen-bond donors (Lipinski definition) is 1. The number of nitrogens with one attached hydrogen (secondary N) is 1. The van der Waals surface area contributed by atoms with E-state index in [0.717, 1.165) is 19.0 Å². The third kappa shape index (κ3) is 4.10. The molecule has 2 rings (SSSR count). The van der Waals surface area contributed by atoms with E-state index in [1.54, 1.807) is 0 Å². The minimum absolute atomic E-state index is 0.723. The number of aromatic nitrogens is 1. The van der Waals surface area contributed by atoms with Gasteiger partial charge in [0.05, 0.1) is 0 Å². The number of nitrogens with zero attached hydrogens (tertiary/aromatic N) is 2. The Balaban J connectivity index is 1.76. The van der Waals surface area contributed by atoms with Gasteiger partial charge < -0.3 is 10.2 Å². The van der Waals surface area contributed by atoms with E-state index in [-0.39, 0.29) is 0 Å². The lowest BCUT2D eigenvalue weighted by Crippen LogP contribution is -2.31. The molecule has 0 saturated carbocycles. The van der Waals surface area contributed by atoms with Crippen molar-refractivity contribution in [3.63, 3.8) is 0 Å². The van der Waals surface area contributed by atoms with Gasteiger partial charge >= 0.3 is 0 Å². The highest BCUT2D eigenvalue weighted by Crippen LogP contribution is 2.06. The van der Waals surface area contributed by atoms with E-state index in [1.807, 2.05) is 12.4 Å². The van der Waals surface area contributed by atoms with Crippen molar-refractivity contribution in [2.45, 2.75) is 32.2 Å². The monoisotopic (exact) mass is 233 g/mol. The van der Waals surface area contributed by atoms with Crippen molar-refractivity contribution in [1.29, 1.82) is 0 Å². The van der Waals surface area contributed by atoms with Crippen LogP contribution in [0.5, 0.6) is 0 Å². The molecular weight excluding hydrogens is 210 g/mol. The lowest BCUT2D eigenvalue weighted by molar-refractivity contribution is 0.293. The van der Waals surface area contributed by atoms with Crippen LogP contribution in [0.25, 0.3) is 0 Å². The molecule has 2 heterocycles. The molecule has 0 aliphatic carbocycles. The van der Waals surface area contributed by atoms with E-state index in [2.05, 4.69) is 34.3 Å². The molecule has 1 aliphatic rings. The second-order valence-corrected chi connectivity index (χ2v) is 4.80. The van der Waals surface area contributed by atoms with Crippen LogP contribution in [-0.4, -0.2) is 42.1 Å². The SMILES string of the molecule is CCC1CCN(CCc2ccncc2)CCN1. The average Bonchev–Trinajstić information content (AvgIpc) is 2.62. The number of pyridine rings is 1. The predicted molar refractivity (Wildman–Crippen MR) is 71.1 cm³/mol. The van der Waals surface area contributed by atoms with Crippen LogP contribution in [0.1, 0.15) is 25.3 Å². The molecule has 1 atom stereocenters. The summed E-state index contributed by atoms with van der Waals surface area (Å²) in [5, 5.41) is 3.61. The summed E-state index contributed by atoms with van der Waals surface area (Å²) in [6, 6.07) is 4.96. The van der Waals surface area contributed by atoms with Crippen LogP contribution < -0.4 is 5.32 Å². The molecule has 17 heavy (non-hydrogen) atoms. The molecule has 1 aromatic rings. The van der Waals surface area contributed by atoms with Gasteiger partial charge in [-0.25, -0.2) is 0 Å². The van der Waals surface area contributed by atoms with Crippen molar-refractivity contribution >= 4 is 0 Å². The van der Waals surface area contributed by atoms with Crippen LogP contribution in [0.3, 0.4) is 0 Å². The molecule has 3 heteroatoms. The lowest BCUT2D eigenvalue weighted by atomic mass is 10.1. The van der Waals surface area contributed by atoms with Crippen LogP contribution in [0, 0.1) is 0 Å². The molecule has 1 aliphatic heterocycles. The van der Waals surface area contributed by atoms with E-state index in [9.17, 15) is 0 Å². The second-order valence-electron chi connectivity index (χ2n) is 4.80. The van der Waals surface area contributed by atoms with Crippen LogP contribution >= 0.6 is 0 Å². The third-order valence-corrected chi connectivity index (χ3v) is 3.61. The van der Waals surface area contributed by atoms with E-state index >= 15 is 0 Å². The fourth-order valence-corrected chi connectivity index (χ4v) is 2.39. The van der Waals surface area contributed by atoms with Crippen molar-refractivity contribution < 1.29 is 0 Å². The summed E-state index contributed by atoms with van der Waals surface area (Å²) in [6.07, 6.45) is 7.43. The van der Waals surface area contributed by atoms with Crippen LogP contribution in [0.4, 0.5) is 0 Å². The zero-order valence-corrected chi connectivity index (χ0v) is 10.7. The Morgan fingerprint density at radius 2 is 2.18 bits per heavy atom. The molecule has 0 bridgehead atoms. The molecule has 0 spiro atoms. The molecule has 94 valence electrons. The Bertz CT molecular complexity index is 313. The zero-order chi connectivity index (χ0) is 11.9. The van der Waals surface area contributed by atoms with Gasteiger partial charge in [0, 0.05) is 38.1 Å². The molecule has 1 aromatic heterocycles. The molecule has 0 amide bonds. The van der Waals surface area contributed by atoms with E-state index in [0.29, 0.717) is 0 Å². The Morgan fingerprint density at radius 1 is 1.35 bits per heavy atom. The van der Waals surface area contributed by atoms with Gasteiger partial charge in [-0.05, 0) is 43.5 Å². The standard InChI is InChI=1S/C14H23N3/c1-2-14-6-11-17(12-9-16-14)10-5-13-3-7-15-8-4-13/h3-4,7-8,14,16H,2,5-6,9-12H2,1H3. The van der Waals surface area contributed by atoms with Crippen LogP contribution in [-0.2, 0) is 6.42 Å². The average molecular weight is 233 g/mol. The maximum atomic E-state index is 4.05. The van der Waals surface area contributed by atoms with Gasteiger partial charge in [-0.15, -0.1) is 0 Å². The minimum Gasteiger partial charge on any atom is -0.313 e. The summed E-state index contributed by atoms with van der Waals surface area (Å²) < 4.78 is 0. The first-order valence-electron chi connectivity index (χ1n) is 6.73. The highest BCUT2D eigenvalue weighted by Gasteiger charge is 2.14. The maximum Gasteiger partial charge on any atom is 0.0270 e. The Hall–Kier alpha value is -0.930. The van der Waals surface area contributed by atoms with E-state index in [1.165, 1.54) is 38.0 Å². The molecule has 1 saturated heterocycles. The quantitative estimate of drug-likeness (QED) is 0.858. The molecule has 3 nitrogen and oxygen atoms in total. The lowest BCUT2D eigenvalue weighted by Gasteiger charge is -2.19. The first kappa shape index (κ1) is 12.5. The van der Waals surface area contributed by atoms with Gasteiger partial charge in [0.1, 0.15) is 0 Å². The van der Waals surface area contributed by atoms with Gasteiger partial charge in [0.15, 0.2) is 0 Å². The first-order chi connectivity index (χ1) is 8.38. The highest BCUT2D eigenvalue weighted by molar-refractivity contribution is 5.09. The highest BCUT2D eigenvalue weighted by atomic mass is 15.2.